The fourth-order valence-electron chi connectivity index (χ4n) is 2.90. The van der Waals surface area contributed by atoms with E-state index in [-0.39, 0.29) is 41.5 Å². The van der Waals surface area contributed by atoms with Crippen molar-refractivity contribution in [1.82, 2.24) is 19.7 Å². The van der Waals surface area contributed by atoms with E-state index in [1.165, 1.54) is 25.3 Å². The molecule has 0 radical (unpaired) electrons. The minimum absolute atomic E-state index is 0.121. The van der Waals surface area contributed by atoms with Crippen molar-refractivity contribution in [1.29, 1.82) is 0 Å². The van der Waals surface area contributed by atoms with Gasteiger partial charge in [-0.05, 0) is 30.3 Å². The molecule has 4 rings (SSSR count). The number of aromatic amines is 1. The molecule has 0 saturated carbocycles. The predicted molar refractivity (Wildman–Crippen MR) is 104 cm³/mol. The van der Waals surface area contributed by atoms with E-state index in [1.54, 1.807) is 30.3 Å². The highest BCUT2D eigenvalue weighted by atomic mass is 16.5. The van der Waals surface area contributed by atoms with E-state index in [1.807, 2.05) is 0 Å². The van der Waals surface area contributed by atoms with Gasteiger partial charge in [0.2, 0.25) is 5.89 Å². The van der Waals surface area contributed by atoms with Crippen LogP contribution in [0.15, 0.2) is 62.5 Å². The lowest BCUT2D eigenvalue weighted by Crippen LogP contribution is -2.33. The van der Waals surface area contributed by atoms with Gasteiger partial charge < -0.3 is 18.9 Å². The van der Waals surface area contributed by atoms with Gasteiger partial charge in [-0.1, -0.05) is 18.2 Å². The van der Waals surface area contributed by atoms with E-state index < -0.39 is 17.2 Å². The van der Waals surface area contributed by atoms with Crippen molar-refractivity contribution in [3.8, 4) is 5.69 Å². The number of hydrogen-bond donors (Lipinski definition) is 1. The molecule has 2 aromatic carbocycles. The van der Waals surface area contributed by atoms with E-state index in [4.69, 9.17) is 13.9 Å². The molecule has 0 fully saturated rings. The first-order valence-electron chi connectivity index (χ1n) is 8.88. The summed E-state index contributed by atoms with van der Waals surface area (Å²) in [5.41, 5.74) is -0.267. The molecule has 152 valence electrons. The number of nitrogens with one attached hydrogen (secondary N) is 1. The van der Waals surface area contributed by atoms with Crippen molar-refractivity contribution < 1.29 is 18.7 Å². The van der Waals surface area contributed by atoms with Crippen LogP contribution in [0.5, 0.6) is 0 Å². The number of ether oxygens (including phenoxy) is 2. The van der Waals surface area contributed by atoms with Crippen molar-refractivity contribution in [3.63, 3.8) is 0 Å². The first kappa shape index (κ1) is 19.3. The van der Waals surface area contributed by atoms with Gasteiger partial charge in [-0.3, -0.25) is 4.79 Å². The molecular weight excluding hydrogens is 392 g/mol. The zero-order valence-electron chi connectivity index (χ0n) is 15.8. The molecule has 0 amide bonds. The van der Waals surface area contributed by atoms with Crippen molar-refractivity contribution >= 4 is 16.9 Å². The van der Waals surface area contributed by atoms with Gasteiger partial charge in [0.05, 0.1) is 22.2 Å². The Morgan fingerprint density at radius 2 is 1.80 bits per heavy atom. The standard InChI is InChI=1S/C20H16N4O6/c1-28-10-16-22-23-17(30-16)11-29-19(26)12-7-8-14-15(9-12)21-20(27)24(18(14)25)13-5-3-2-4-6-13/h2-9H,10-11H2,1H3,(H,21,27). The molecule has 0 saturated heterocycles. The summed E-state index contributed by atoms with van der Waals surface area (Å²) in [6.45, 7) is -0.0702. The topological polar surface area (TPSA) is 129 Å². The molecule has 10 nitrogen and oxygen atoms in total. The molecular formula is C20H16N4O6. The van der Waals surface area contributed by atoms with Gasteiger partial charge in [-0.15, -0.1) is 10.2 Å². The second kappa shape index (κ2) is 8.13. The Labute approximate surface area is 168 Å². The number of nitrogens with zero attached hydrogens (tertiary/aromatic N) is 3. The van der Waals surface area contributed by atoms with Gasteiger partial charge in [0.1, 0.15) is 6.61 Å². The van der Waals surface area contributed by atoms with Gasteiger partial charge in [-0.25, -0.2) is 14.2 Å². The van der Waals surface area contributed by atoms with Crippen molar-refractivity contribution in [2.75, 3.05) is 7.11 Å². The molecule has 10 heteroatoms. The van der Waals surface area contributed by atoms with Gasteiger partial charge in [0.25, 0.3) is 11.4 Å². The van der Waals surface area contributed by atoms with E-state index in [0.29, 0.717) is 5.69 Å². The van der Waals surface area contributed by atoms with Crippen LogP contribution in [0.4, 0.5) is 0 Å². The SMILES string of the molecule is COCc1nnc(COC(=O)c2ccc3c(=O)n(-c4ccccc4)c(=O)[nH]c3c2)o1. The maximum Gasteiger partial charge on any atom is 0.338 e. The fourth-order valence-corrected chi connectivity index (χ4v) is 2.90. The molecule has 0 bridgehead atoms. The quantitative estimate of drug-likeness (QED) is 0.476. The van der Waals surface area contributed by atoms with Crippen LogP contribution in [0.2, 0.25) is 0 Å². The maximum atomic E-state index is 12.8. The highest BCUT2D eigenvalue weighted by Gasteiger charge is 2.15. The third-order valence-corrected chi connectivity index (χ3v) is 4.25. The van der Waals surface area contributed by atoms with Gasteiger partial charge >= 0.3 is 11.7 Å². The first-order chi connectivity index (χ1) is 14.6. The summed E-state index contributed by atoms with van der Waals surface area (Å²) < 4.78 is 16.3. The molecule has 2 heterocycles. The Balaban J connectivity index is 1.59. The molecule has 0 atom stereocenters. The zero-order chi connectivity index (χ0) is 21.1. The smallest absolute Gasteiger partial charge is 0.338 e. The number of fused-ring (bicyclic) bond motifs is 1. The lowest BCUT2D eigenvalue weighted by atomic mass is 10.1. The number of esters is 1. The van der Waals surface area contributed by atoms with Crippen LogP contribution in [0.1, 0.15) is 22.1 Å². The number of hydrogen-bond acceptors (Lipinski definition) is 8. The molecule has 0 aliphatic heterocycles. The zero-order valence-corrected chi connectivity index (χ0v) is 15.8. The van der Waals surface area contributed by atoms with Crippen molar-refractivity contribution in [2.24, 2.45) is 0 Å². The summed E-state index contributed by atoms with van der Waals surface area (Å²) in [6.07, 6.45) is 0. The predicted octanol–water partition coefficient (Wildman–Crippen LogP) is 1.57. The summed E-state index contributed by atoms with van der Waals surface area (Å²) in [5, 5.41) is 7.75. The van der Waals surface area contributed by atoms with Crippen LogP contribution >= 0.6 is 0 Å². The second-order valence-electron chi connectivity index (χ2n) is 6.27. The Kier molecular flexibility index (Phi) is 5.22. The number of carbonyl (C=O) groups is 1. The molecule has 4 aromatic rings. The van der Waals surface area contributed by atoms with Crippen LogP contribution in [-0.2, 0) is 22.7 Å². The largest absolute Gasteiger partial charge is 0.452 e. The van der Waals surface area contributed by atoms with Crippen molar-refractivity contribution in [2.45, 2.75) is 13.2 Å². The van der Waals surface area contributed by atoms with E-state index in [2.05, 4.69) is 15.2 Å². The molecule has 30 heavy (non-hydrogen) atoms. The summed E-state index contributed by atoms with van der Waals surface area (Å²) in [7, 11) is 1.49. The number of carbonyl (C=O) groups excluding carboxylic acids is 1. The number of aromatic nitrogens is 4. The average molecular weight is 408 g/mol. The Hall–Kier alpha value is -4.05. The van der Waals surface area contributed by atoms with Crippen LogP contribution in [-0.4, -0.2) is 32.8 Å². The summed E-state index contributed by atoms with van der Waals surface area (Å²) in [5.74, 6) is -0.284. The van der Waals surface area contributed by atoms with Crippen molar-refractivity contribution in [3.05, 3.63) is 86.7 Å². The average Bonchev–Trinajstić information content (AvgIpc) is 3.20. The maximum absolute atomic E-state index is 12.8. The monoisotopic (exact) mass is 408 g/mol. The Bertz CT molecular complexity index is 1320. The third kappa shape index (κ3) is 3.76. The second-order valence-corrected chi connectivity index (χ2v) is 6.27. The lowest BCUT2D eigenvalue weighted by molar-refractivity contribution is 0.0433. The number of methoxy groups -OCH3 is 1. The first-order valence-corrected chi connectivity index (χ1v) is 8.88. The minimum Gasteiger partial charge on any atom is -0.452 e. The van der Waals surface area contributed by atoms with E-state index in [0.717, 1.165) is 4.57 Å². The molecule has 0 unspecified atom stereocenters. The van der Waals surface area contributed by atoms with Gasteiger partial charge in [0, 0.05) is 7.11 Å². The lowest BCUT2D eigenvalue weighted by Gasteiger charge is -2.07. The van der Waals surface area contributed by atoms with Crippen LogP contribution in [0.3, 0.4) is 0 Å². The molecule has 0 spiro atoms. The Morgan fingerprint density at radius 3 is 2.53 bits per heavy atom. The number of rotatable bonds is 6. The summed E-state index contributed by atoms with van der Waals surface area (Å²) in [6, 6.07) is 12.9. The highest BCUT2D eigenvalue weighted by Crippen LogP contribution is 2.13. The van der Waals surface area contributed by atoms with Crippen LogP contribution < -0.4 is 11.2 Å². The normalized spacial score (nSPS) is 11.0. The third-order valence-electron chi connectivity index (χ3n) is 4.25. The van der Waals surface area contributed by atoms with E-state index >= 15 is 0 Å². The fraction of sp³-hybridized carbons (Fsp3) is 0.150. The van der Waals surface area contributed by atoms with Crippen LogP contribution in [0.25, 0.3) is 16.6 Å². The van der Waals surface area contributed by atoms with E-state index in [9.17, 15) is 14.4 Å². The minimum atomic E-state index is -0.670. The highest BCUT2D eigenvalue weighted by molar-refractivity contribution is 5.94. The molecule has 2 aromatic heterocycles. The number of benzene rings is 2. The Morgan fingerprint density at radius 1 is 1.07 bits per heavy atom. The molecule has 1 N–H and O–H groups in total. The van der Waals surface area contributed by atoms with Crippen LogP contribution in [0, 0.1) is 0 Å². The summed E-state index contributed by atoms with van der Waals surface area (Å²) >= 11 is 0. The van der Waals surface area contributed by atoms with Gasteiger partial charge in [-0.2, -0.15) is 0 Å². The summed E-state index contributed by atoms with van der Waals surface area (Å²) in [4.78, 5) is 40.2. The number of para-hydroxylation sites is 1. The molecule has 0 aliphatic carbocycles. The van der Waals surface area contributed by atoms with Gasteiger partial charge in [0.15, 0.2) is 6.61 Å². The number of H-pyrrole nitrogens is 1. The molecule has 0 aliphatic rings.